The highest BCUT2D eigenvalue weighted by Gasteiger charge is 2.46. The number of carbonyl (C=O) groups is 4. The van der Waals surface area contributed by atoms with Crippen LogP contribution in [0.25, 0.3) is 0 Å². The van der Waals surface area contributed by atoms with E-state index in [9.17, 15) is 19.2 Å². The first-order chi connectivity index (χ1) is 13.6. The van der Waals surface area contributed by atoms with Crippen molar-refractivity contribution in [2.24, 2.45) is 11.3 Å². The van der Waals surface area contributed by atoms with E-state index < -0.39 is 29.7 Å². The average Bonchev–Trinajstić information content (AvgIpc) is 2.90. The molecule has 1 fully saturated rings. The summed E-state index contributed by atoms with van der Waals surface area (Å²) in [7, 11) is 0. The number of rotatable bonds is 14. The summed E-state index contributed by atoms with van der Waals surface area (Å²) in [6.45, 7) is 5.69. The van der Waals surface area contributed by atoms with Crippen molar-refractivity contribution in [3.8, 4) is 0 Å². The highest BCUT2D eigenvalue weighted by Crippen LogP contribution is 2.35. The Hall–Kier alpha value is -1.92. The maximum Gasteiger partial charge on any atom is 0.333 e. The van der Waals surface area contributed by atoms with Crippen molar-refractivity contribution in [1.82, 2.24) is 5.06 Å². The number of amides is 2. The molecule has 0 spiro atoms. The number of nitrogens with zero attached hydrogens (tertiary/aromatic N) is 1. The fourth-order valence-corrected chi connectivity index (χ4v) is 3.49. The molecule has 0 aromatic carbocycles. The highest BCUT2D eigenvalue weighted by atomic mass is 16.7. The van der Waals surface area contributed by atoms with Crippen LogP contribution in [0.1, 0.15) is 104 Å². The number of imide groups is 1. The molecule has 0 bridgehead atoms. The van der Waals surface area contributed by atoms with Crippen molar-refractivity contribution < 1.29 is 29.1 Å². The van der Waals surface area contributed by atoms with Crippen molar-refractivity contribution in [3.63, 3.8) is 0 Å². The summed E-state index contributed by atoms with van der Waals surface area (Å²) >= 11 is 0. The Bertz CT molecular complexity index is 566. The van der Waals surface area contributed by atoms with Crippen molar-refractivity contribution >= 4 is 23.8 Å². The predicted octanol–water partition coefficient (Wildman–Crippen LogP) is 4.63. The Balaban J connectivity index is 2.04. The normalized spacial score (nSPS) is 17.1. The van der Waals surface area contributed by atoms with Gasteiger partial charge in [0.25, 0.3) is 11.8 Å². The largest absolute Gasteiger partial charge is 0.481 e. The van der Waals surface area contributed by atoms with E-state index in [2.05, 4.69) is 0 Å². The molecule has 0 aliphatic carbocycles. The smallest absolute Gasteiger partial charge is 0.333 e. The van der Waals surface area contributed by atoms with Gasteiger partial charge in [-0.15, -0.1) is 5.06 Å². The van der Waals surface area contributed by atoms with Gasteiger partial charge in [-0.25, -0.2) is 4.79 Å². The third-order valence-corrected chi connectivity index (χ3v) is 5.36. The predicted molar refractivity (Wildman–Crippen MR) is 109 cm³/mol. The molecule has 7 heteroatoms. The van der Waals surface area contributed by atoms with Crippen LogP contribution in [0.5, 0.6) is 0 Å². The molecule has 1 atom stereocenters. The third kappa shape index (κ3) is 9.90. The lowest BCUT2D eigenvalue weighted by molar-refractivity contribution is -0.198. The van der Waals surface area contributed by atoms with E-state index in [-0.39, 0.29) is 24.7 Å². The van der Waals surface area contributed by atoms with Gasteiger partial charge in [0.1, 0.15) is 0 Å². The highest BCUT2D eigenvalue weighted by molar-refractivity contribution is 6.03. The summed E-state index contributed by atoms with van der Waals surface area (Å²) in [5.74, 6) is -2.55. The van der Waals surface area contributed by atoms with Gasteiger partial charge in [0, 0.05) is 19.3 Å². The number of unbranched alkanes of at least 4 members (excludes halogenated alkanes) is 9. The number of carboxylic acids is 1. The van der Waals surface area contributed by atoms with Crippen LogP contribution in [0, 0.1) is 11.3 Å². The molecule has 1 aliphatic heterocycles. The maximum absolute atomic E-state index is 12.3. The van der Waals surface area contributed by atoms with Crippen molar-refractivity contribution in [2.75, 3.05) is 0 Å². The van der Waals surface area contributed by atoms with Crippen LogP contribution in [0.3, 0.4) is 0 Å². The van der Waals surface area contributed by atoms with Gasteiger partial charge in [-0.05, 0) is 18.3 Å². The van der Waals surface area contributed by atoms with Gasteiger partial charge in [-0.3, -0.25) is 14.4 Å². The Morgan fingerprint density at radius 1 is 0.897 bits per heavy atom. The second-order valence-corrected chi connectivity index (χ2v) is 9.04. The molecule has 7 nitrogen and oxygen atoms in total. The molecule has 2 amide bonds. The van der Waals surface area contributed by atoms with Crippen LogP contribution < -0.4 is 0 Å². The van der Waals surface area contributed by atoms with Gasteiger partial charge < -0.3 is 9.94 Å². The Labute approximate surface area is 174 Å². The van der Waals surface area contributed by atoms with Gasteiger partial charge in [-0.2, -0.15) is 0 Å². The number of hydrogen-bond donors (Lipinski definition) is 1. The van der Waals surface area contributed by atoms with E-state index in [1.54, 1.807) is 0 Å². The molecule has 0 radical (unpaired) electrons. The van der Waals surface area contributed by atoms with E-state index >= 15 is 0 Å². The molecule has 1 heterocycles. The van der Waals surface area contributed by atoms with Crippen molar-refractivity contribution in [2.45, 2.75) is 104 Å². The van der Waals surface area contributed by atoms with Gasteiger partial charge in [0.05, 0.1) is 5.92 Å². The molecular formula is C22H37NO6. The fourth-order valence-electron chi connectivity index (χ4n) is 3.49. The minimum absolute atomic E-state index is 0.0924. The molecule has 1 N–H and O–H groups in total. The first-order valence-electron chi connectivity index (χ1n) is 10.9. The Morgan fingerprint density at radius 3 is 1.76 bits per heavy atom. The molecule has 166 valence electrons. The minimum Gasteiger partial charge on any atom is -0.481 e. The SMILES string of the molecule is CC(C)(C)C1CC(=O)N(OC(=O)CCCCCCCCCCCCC(=O)O)C1=O. The van der Waals surface area contributed by atoms with Gasteiger partial charge >= 0.3 is 11.9 Å². The van der Waals surface area contributed by atoms with E-state index in [1.165, 1.54) is 0 Å². The fraction of sp³-hybridized carbons (Fsp3) is 0.818. The lowest BCUT2D eigenvalue weighted by atomic mass is 9.80. The Morgan fingerprint density at radius 2 is 1.34 bits per heavy atom. The van der Waals surface area contributed by atoms with Gasteiger partial charge in [-0.1, -0.05) is 72.1 Å². The molecular weight excluding hydrogens is 374 g/mol. The summed E-state index contributed by atoms with van der Waals surface area (Å²) in [4.78, 5) is 51.6. The molecule has 29 heavy (non-hydrogen) atoms. The van der Waals surface area contributed by atoms with Crippen LogP contribution in [0.4, 0.5) is 0 Å². The molecule has 1 unspecified atom stereocenters. The summed E-state index contributed by atoms with van der Waals surface area (Å²) in [6, 6.07) is 0. The number of hydrogen-bond acceptors (Lipinski definition) is 5. The molecule has 0 aromatic rings. The van der Waals surface area contributed by atoms with Crippen molar-refractivity contribution in [3.05, 3.63) is 0 Å². The number of aliphatic carboxylic acids is 1. The summed E-state index contributed by atoms with van der Waals surface area (Å²) in [5, 5.41) is 9.23. The van der Waals surface area contributed by atoms with E-state index in [0.29, 0.717) is 11.5 Å². The zero-order valence-electron chi connectivity index (χ0n) is 18.2. The van der Waals surface area contributed by atoms with Crippen LogP contribution in [0.15, 0.2) is 0 Å². The van der Waals surface area contributed by atoms with Crippen molar-refractivity contribution in [1.29, 1.82) is 0 Å². The minimum atomic E-state index is -0.721. The second kappa shape index (κ2) is 12.6. The standard InChI is InChI=1S/C22H37NO6/c1-22(2,3)17-16-18(24)23(21(17)28)29-20(27)15-13-11-9-7-5-4-6-8-10-12-14-19(25)26/h17H,4-16H2,1-3H3,(H,25,26). The number of hydroxylamine groups is 2. The molecule has 1 aliphatic rings. The molecule has 1 rings (SSSR count). The molecule has 0 aromatic heterocycles. The monoisotopic (exact) mass is 411 g/mol. The molecule has 0 saturated carbocycles. The molecule has 1 saturated heterocycles. The first-order valence-corrected chi connectivity index (χ1v) is 10.9. The zero-order valence-corrected chi connectivity index (χ0v) is 18.2. The Kier molecular flexibility index (Phi) is 10.9. The average molecular weight is 412 g/mol. The first kappa shape index (κ1) is 25.1. The quantitative estimate of drug-likeness (QED) is 0.330. The summed E-state index contributed by atoms with van der Waals surface area (Å²) in [6.07, 6.45) is 10.6. The van der Waals surface area contributed by atoms with E-state index in [4.69, 9.17) is 9.94 Å². The van der Waals surface area contributed by atoms with Gasteiger partial charge in [0.2, 0.25) is 0 Å². The number of carbonyl (C=O) groups excluding carboxylic acids is 3. The topological polar surface area (TPSA) is 101 Å². The summed E-state index contributed by atoms with van der Waals surface area (Å²) in [5.41, 5.74) is -0.341. The van der Waals surface area contributed by atoms with Crippen LogP contribution in [-0.4, -0.2) is 33.9 Å². The zero-order chi connectivity index (χ0) is 21.9. The van der Waals surface area contributed by atoms with Crippen LogP contribution in [-0.2, 0) is 24.0 Å². The second-order valence-electron chi connectivity index (χ2n) is 9.04. The van der Waals surface area contributed by atoms with Gasteiger partial charge in [0.15, 0.2) is 0 Å². The van der Waals surface area contributed by atoms with E-state index in [1.807, 2.05) is 20.8 Å². The lowest BCUT2D eigenvalue weighted by Gasteiger charge is -2.24. The number of carboxylic acid groups (broad SMARTS) is 1. The van der Waals surface area contributed by atoms with Crippen LogP contribution in [0.2, 0.25) is 0 Å². The lowest BCUT2D eigenvalue weighted by Crippen LogP contribution is -2.35. The van der Waals surface area contributed by atoms with E-state index in [0.717, 1.165) is 57.8 Å². The third-order valence-electron chi connectivity index (χ3n) is 5.36. The van der Waals surface area contributed by atoms with Crippen LogP contribution >= 0.6 is 0 Å². The maximum atomic E-state index is 12.3. The summed E-state index contributed by atoms with van der Waals surface area (Å²) < 4.78 is 0.